The maximum atomic E-state index is 12.3. The van der Waals surface area contributed by atoms with Crippen LogP contribution in [0.1, 0.15) is 36.5 Å². The summed E-state index contributed by atoms with van der Waals surface area (Å²) in [5, 5.41) is 6.12. The van der Waals surface area contributed by atoms with Crippen LogP contribution in [0.3, 0.4) is 0 Å². The monoisotopic (exact) mass is 479 g/mol. The number of nitrogens with zero attached hydrogens (tertiary/aromatic N) is 1. The van der Waals surface area contributed by atoms with E-state index in [1.54, 1.807) is 6.07 Å². The summed E-state index contributed by atoms with van der Waals surface area (Å²) in [5.74, 6) is -0.203. The van der Waals surface area contributed by atoms with Crippen LogP contribution in [-0.2, 0) is 0 Å². The predicted octanol–water partition coefficient (Wildman–Crippen LogP) is 4.80. The quantitative estimate of drug-likeness (QED) is 0.491. The maximum Gasteiger partial charge on any atom is 0.258 e. The van der Waals surface area contributed by atoms with Gasteiger partial charge >= 0.3 is 0 Å². The summed E-state index contributed by atoms with van der Waals surface area (Å²) in [6, 6.07) is 16.2. The molecule has 26 heavy (non-hydrogen) atoms. The van der Waals surface area contributed by atoms with Crippen molar-refractivity contribution in [3.8, 4) is 0 Å². The van der Waals surface area contributed by atoms with E-state index in [1.165, 1.54) is 24.9 Å². The first-order valence-corrected chi connectivity index (χ1v) is 10.3. The molecular weight excluding hydrogens is 457 g/mol. The molecule has 1 aliphatic heterocycles. The third-order valence-electron chi connectivity index (χ3n) is 4.61. The number of benzene rings is 2. The summed E-state index contributed by atoms with van der Waals surface area (Å²) < 4.78 is 0.894. The Balaban J connectivity index is 1.59. The topological polar surface area (TPSA) is 44.4 Å². The summed E-state index contributed by atoms with van der Waals surface area (Å²) >= 11 is 7.42. The van der Waals surface area contributed by atoms with Gasteiger partial charge in [0, 0.05) is 27.5 Å². The minimum atomic E-state index is -0.203. The van der Waals surface area contributed by atoms with E-state index in [-0.39, 0.29) is 5.91 Å². The van der Waals surface area contributed by atoms with Crippen LogP contribution in [0.25, 0.3) is 0 Å². The van der Waals surface area contributed by atoms with Gasteiger partial charge in [-0.15, -0.1) is 0 Å². The summed E-state index contributed by atoms with van der Waals surface area (Å²) in [4.78, 5) is 14.8. The Bertz CT molecular complexity index is 794. The van der Waals surface area contributed by atoms with Crippen molar-refractivity contribution in [3.05, 3.63) is 57.7 Å². The van der Waals surface area contributed by atoms with Crippen LogP contribution in [-0.4, -0.2) is 23.6 Å². The van der Waals surface area contributed by atoms with Gasteiger partial charge in [-0.1, -0.05) is 12.1 Å². The summed E-state index contributed by atoms with van der Waals surface area (Å²) in [7, 11) is 0. The van der Waals surface area contributed by atoms with Gasteiger partial charge in [0.15, 0.2) is 5.11 Å². The second-order valence-electron chi connectivity index (χ2n) is 6.47. The molecule has 1 amide bonds. The van der Waals surface area contributed by atoms with Crippen LogP contribution < -0.4 is 15.5 Å². The molecule has 0 saturated carbocycles. The van der Waals surface area contributed by atoms with Crippen LogP contribution in [0.5, 0.6) is 0 Å². The fraction of sp³-hybridized carbons (Fsp3) is 0.300. The third kappa shape index (κ3) is 4.73. The van der Waals surface area contributed by atoms with Crippen molar-refractivity contribution >= 4 is 57.2 Å². The van der Waals surface area contributed by atoms with Gasteiger partial charge < -0.3 is 10.2 Å². The lowest BCUT2D eigenvalue weighted by molar-refractivity contribution is 0.0977. The molecule has 1 atom stereocenters. The molecule has 0 aliphatic carbocycles. The van der Waals surface area contributed by atoms with Crippen LogP contribution in [0, 0.1) is 3.57 Å². The van der Waals surface area contributed by atoms with Crippen molar-refractivity contribution in [2.75, 3.05) is 16.8 Å². The second kappa shape index (κ2) is 8.81. The first kappa shape index (κ1) is 19.1. The third-order valence-corrected chi connectivity index (χ3v) is 5.75. The molecule has 0 radical (unpaired) electrons. The number of hydrogen-bond donors (Lipinski definition) is 2. The van der Waals surface area contributed by atoms with Gasteiger partial charge in [0.2, 0.25) is 0 Å². The Hall–Kier alpha value is -1.67. The number of piperidine rings is 1. The second-order valence-corrected chi connectivity index (χ2v) is 8.04. The van der Waals surface area contributed by atoms with E-state index in [1.807, 2.05) is 30.3 Å². The van der Waals surface area contributed by atoms with Crippen LogP contribution in [0.2, 0.25) is 0 Å². The highest BCUT2D eigenvalue weighted by Crippen LogP contribution is 2.25. The van der Waals surface area contributed by atoms with E-state index < -0.39 is 0 Å². The molecule has 3 rings (SSSR count). The van der Waals surface area contributed by atoms with Crippen LogP contribution >= 0.6 is 34.8 Å². The fourth-order valence-corrected chi connectivity index (χ4v) is 4.04. The average Bonchev–Trinajstić information content (AvgIpc) is 2.63. The summed E-state index contributed by atoms with van der Waals surface area (Å²) in [5.41, 5.74) is 2.72. The van der Waals surface area contributed by atoms with Crippen molar-refractivity contribution < 1.29 is 4.79 Å². The molecule has 0 unspecified atom stereocenters. The molecule has 1 fully saturated rings. The van der Waals surface area contributed by atoms with Crippen LogP contribution in [0.15, 0.2) is 48.5 Å². The van der Waals surface area contributed by atoms with Crippen molar-refractivity contribution in [1.82, 2.24) is 5.32 Å². The summed E-state index contributed by atoms with van der Waals surface area (Å²) in [6.45, 7) is 3.39. The molecule has 1 saturated heterocycles. The van der Waals surface area contributed by atoms with Crippen molar-refractivity contribution in [2.45, 2.75) is 32.2 Å². The Kier molecular flexibility index (Phi) is 6.48. The zero-order valence-electron chi connectivity index (χ0n) is 14.7. The van der Waals surface area contributed by atoms with Crippen molar-refractivity contribution in [2.24, 2.45) is 0 Å². The first-order valence-electron chi connectivity index (χ1n) is 8.78. The van der Waals surface area contributed by atoms with E-state index in [4.69, 9.17) is 12.2 Å². The molecule has 1 heterocycles. The van der Waals surface area contributed by atoms with E-state index in [0.29, 0.717) is 16.7 Å². The molecule has 0 spiro atoms. The Morgan fingerprint density at radius 2 is 1.88 bits per heavy atom. The maximum absolute atomic E-state index is 12.3. The Labute approximate surface area is 173 Å². The number of carbonyl (C=O) groups excluding carboxylic acids is 1. The molecule has 1 aliphatic rings. The summed E-state index contributed by atoms with van der Waals surface area (Å²) in [6.07, 6.45) is 3.80. The minimum Gasteiger partial charge on any atom is -0.369 e. The number of nitrogens with one attached hydrogen (secondary N) is 2. The molecule has 0 bridgehead atoms. The molecule has 4 nitrogen and oxygen atoms in total. The van der Waals surface area contributed by atoms with Gasteiger partial charge in [-0.25, -0.2) is 0 Å². The number of rotatable bonds is 3. The molecule has 2 aromatic carbocycles. The molecule has 2 aromatic rings. The highest BCUT2D eigenvalue weighted by Gasteiger charge is 2.18. The Morgan fingerprint density at radius 1 is 1.15 bits per heavy atom. The van der Waals surface area contributed by atoms with Crippen molar-refractivity contribution in [3.63, 3.8) is 0 Å². The number of thiocarbonyl (C=S) groups is 1. The number of anilines is 2. The van der Waals surface area contributed by atoms with E-state index in [9.17, 15) is 4.79 Å². The van der Waals surface area contributed by atoms with Crippen molar-refractivity contribution in [1.29, 1.82) is 0 Å². The van der Waals surface area contributed by atoms with Gasteiger partial charge in [-0.3, -0.25) is 10.1 Å². The number of carbonyl (C=O) groups is 1. The fourth-order valence-electron chi connectivity index (χ4n) is 3.20. The van der Waals surface area contributed by atoms with Gasteiger partial charge in [-0.2, -0.15) is 0 Å². The lowest BCUT2D eigenvalue weighted by Crippen LogP contribution is -2.37. The predicted molar refractivity (Wildman–Crippen MR) is 120 cm³/mol. The smallest absolute Gasteiger partial charge is 0.258 e. The molecule has 0 aromatic heterocycles. The lowest BCUT2D eigenvalue weighted by atomic mass is 10.0. The lowest BCUT2D eigenvalue weighted by Gasteiger charge is -2.35. The van der Waals surface area contributed by atoms with Gasteiger partial charge in [-0.05, 0) is 97.4 Å². The molecule has 136 valence electrons. The van der Waals surface area contributed by atoms with Gasteiger partial charge in [0.1, 0.15) is 0 Å². The van der Waals surface area contributed by atoms with E-state index >= 15 is 0 Å². The zero-order valence-corrected chi connectivity index (χ0v) is 17.6. The molecule has 2 N–H and O–H groups in total. The highest BCUT2D eigenvalue weighted by atomic mass is 127. The molecule has 6 heteroatoms. The average molecular weight is 479 g/mol. The first-order chi connectivity index (χ1) is 12.5. The number of amides is 1. The SMILES string of the molecule is C[C@@H]1CCCCN1c1ccc(NC(=S)NC(=O)c2ccccc2I)cc1. The van der Waals surface area contributed by atoms with E-state index in [2.05, 4.69) is 57.2 Å². The largest absolute Gasteiger partial charge is 0.369 e. The zero-order chi connectivity index (χ0) is 18.5. The standard InChI is InChI=1S/C20H22IN3OS/c1-14-6-4-5-13-24(14)16-11-9-15(10-12-16)22-20(26)23-19(25)17-7-2-3-8-18(17)21/h2-3,7-12,14H,4-6,13H2,1H3,(H2,22,23,25,26)/t14-/m1/s1. The van der Waals surface area contributed by atoms with Gasteiger partial charge in [0.05, 0.1) is 5.56 Å². The highest BCUT2D eigenvalue weighted by molar-refractivity contribution is 14.1. The minimum absolute atomic E-state index is 0.203. The number of halogens is 1. The number of hydrogen-bond acceptors (Lipinski definition) is 3. The Morgan fingerprint density at radius 3 is 2.58 bits per heavy atom. The van der Waals surface area contributed by atoms with Gasteiger partial charge in [0.25, 0.3) is 5.91 Å². The normalized spacial score (nSPS) is 16.8. The van der Waals surface area contributed by atoms with E-state index in [0.717, 1.165) is 15.8 Å². The molecular formula is C20H22IN3OS. The van der Waals surface area contributed by atoms with Crippen LogP contribution in [0.4, 0.5) is 11.4 Å².